The van der Waals surface area contributed by atoms with Crippen LogP contribution in [0.3, 0.4) is 0 Å². The van der Waals surface area contributed by atoms with E-state index in [1.807, 2.05) is 96.1 Å². The number of ether oxygens (including phenoxy) is 1. The van der Waals surface area contributed by atoms with Crippen LogP contribution in [0.5, 0.6) is 0 Å². The van der Waals surface area contributed by atoms with E-state index in [-0.39, 0.29) is 29.3 Å². The van der Waals surface area contributed by atoms with E-state index < -0.39 is 29.0 Å². The highest BCUT2D eigenvalue weighted by atomic mass is 19.1. The van der Waals surface area contributed by atoms with Gasteiger partial charge in [0.15, 0.2) is 11.6 Å². The van der Waals surface area contributed by atoms with Gasteiger partial charge in [0.1, 0.15) is 11.4 Å². The van der Waals surface area contributed by atoms with Gasteiger partial charge in [0, 0.05) is 23.3 Å². The average Bonchev–Trinajstić information content (AvgIpc) is 2.99. The lowest BCUT2D eigenvalue weighted by Crippen LogP contribution is -2.50. The zero-order valence-corrected chi connectivity index (χ0v) is 27.3. The Morgan fingerprint density at radius 3 is 2.35 bits per heavy atom. The van der Waals surface area contributed by atoms with Crippen molar-refractivity contribution in [2.75, 3.05) is 10.6 Å². The zero-order valence-electron chi connectivity index (χ0n) is 27.3. The summed E-state index contributed by atoms with van der Waals surface area (Å²) in [6, 6.07) is 17.9. The number of aryl methyl sites for hydroxylation is 1. The van der Waals surface area contributed by atoms with Crippen LogP contribution in [0.15, 0.2) is 66.9 Å². The monoisotopic (exact) mass is 626 g/mol. The smallest absolute Gasteiger partial charge is 0.407 e. The molecule has 2 aromatic heterocycles. The van der Waals surface area contributed by atoms with Gasteiger partial charge in [-0.1, -0.05) is 49.2 Å². The number of halogens is 1. The van der Waals surface area contributed by atoms with E-state index in [0.29, 0.717) is 18.5 Å². The zero-order chi connectivity index (χ0) is 33.1. The minimum absolute atomic E-state index is 0.0107. The third kappa shape index (κ3) is 7.91. The number of fused-ring (bicyclic) bond motifs is 1. The molecule has 0 bridgehead atoms. The summed E-state index contributed by atoms with van der Waals surface area (Å²) < 4.78 is 21.3. The van der Waals surface area contributed by atoms with Gasteiger partial charge >= 0.3 is 6.09 Å². The molecule has 1 aliphatic carbocycles. The largest absolute Gasteiger partial charge is 0.444 e. The van der Waals surface area contributed by atoms with E-state index in [4.69, 9.17) is 4.74 Å². The van der Waals surface area contributed by atoms with Crippen LogP contribution in [0.2, 0.25) is 0 Å². The fraction of sp³-hybridized carbons (Fsp3) is 0.389. The van der Waals surface area contributed by atoms with Gasteiger partial charge in [0.25, 0.3) is 5.91 Å². The minimum atomic E-state index is -0.739. The molecule has 2 atom stereocenters. The molecule has 4 N–H and O–H groups in total. The molecule has 0 spiro atoms. The SMILES string of the molecule is Cc1cc(Nc2nc(N[C@@H]3CCCC[C@@H]3NC(=O)OC(C)(C)C)c(F)cc2C(=O)NC(C)(C)c2ccccc2)cc2cccnc12. The van der Waals surface area contributed by atoms with E-state index in [1.165, 1.54) is 6.07 Å². The van der Waals surface area contributed by atoms with Crippen molar-refractivity contribution in [3.05, 3.63) is 89.4 Å². The quantitative estimate of drug-likeness (QED) is 0.158. The molecule has 1 saturated carbocycles. The predicted molar refractivity (Wildman–Crippen MR) is 180 cm³/mol. The Bertz CT molecular complexity index is 1720. The number of pyridine rings is 2. The summed E-state index contributed by atoms with van der Waals surface area (Å²) in [7, 11) is 0. The molecular formula is C36H43FN6O3. The maximum Gasteiger partial charge on any atom is 0.407 e. The van der Waals surface area contributed by atoms with Gasteiger partial charge in [0.2, 0.25) is 0 Å². The number of anilines is 3. The van der Waals surface area contributed by atoms with Gasteiger partial charge in [-0.3, -0.25) is 9.78 Å². The Morgan fingerprint density at radius 1 is 0.913 bits per heavy atom. The maximum atomic E-state index is 15.9. The van der Waals surface area contributed by atoms with Crippen molar-refractivity contribution in [1.82, 2.24) is 20.6 Å². The van der Waals surface area contributed by atoms with Gasteiger partial charge in [-0.15, -0.1) is 0 Å². The first kappa shape index (κ1) is 32.7. The molecule has 2 aromatic carbocycles. The molecule has 1 aliphatic rings. The van der Waals surface area contributed by atoms with Crippen molar-refractivity contribution in [3.63, 3.8) is 0 Å². The highest BCUT2D eigenvalue weighted by Crippen LogP contribution is 2.30. The van der Waals surface area contributed by atoms with Gasteiger partial charge in [-0.25, -0.2) is 14.2 Å². The molecule has 46 heavy (non-hydrogen) atoms. The highest BCUT2D eigenvalue weighted by molar-refractivity contribution is 6.00. The van der Waals surface area contributed by atoms with Crippen LogP contribution in [0.25, 0.3) is 10.9 Å². The molecule has 242 valence electrons. The number of carbonyl (C=O) groups is 2. The Labute approximate surface area is 269 Å². The number of nitrogens with one attached hydrogen (secondary N) is 4. The number of hydrogen-bond donors (Lipinski definition) is 4. The second-order valence-electron chi connectivity index (χ2n) is 13.4. The highest BCUT2D eigenvalue weighted by Gasteiger charge is 2.31. The summed E-state index contributed by atoms with van der Waals surface area (Å²) in [6.07, 6.45) is 4.48. The van der Waals surface area contributed by atoms with E-state index in [0.717, 1.165) is 34.9 Å². The molecule has 5 rings (SSSR count). The number of rotatable bonds is 8. The Morgan fingerprint density at radius 2 is 1.63 bits per heavy atom. The topological polar surface area (TPSA) is 117 Å². The predicted octanol–water partition coefficient (Wildman–Crippen LogP) is 7.73. The average molecular weight is 627 g/mol. The first-order chi connectivity index (χ1) is 21.8. The van der Waals surface area contributed by atoms with Crippen molar-refractivity contribution in [2.45, 2.75) is 90.4 Å². The molecule has 2 amide bonds. The third-order valence-corrected chi connectivity index (χ3v) is 8.09. The number of carbonyl (C=O) groups excluding carboxylic acids is 2. The van der Waals surface area contributed by atoms with Gasteiger partial charge in [-0.05, 0) is 89.8 Å². The molecule has 10 heteroatoms. The summed E-state index contributed by atoms with van der Waals surface area (Å²) >= 11 is 0. The molecule has 9 nitrogen and oxygen atoms in total. The Kier molecular flexibility index (Phi) is 9.46. The summed E-state index contributed by atoms with van der Waals surface area (Å²) in [5.41, 5.74) is 2.07. The molecule has 0 saturated heterocycles. The minimum Gasteiger partial charge on any atom is -0.444 e. The van der Waals surface area contributed by atoms with E-state index in [9.17, 15) is 9.59 Å². The molecule has 1 fully saturated rings. The number of hydrogen-bond acceptors (Lipinski definition) is 7. The summed E-state index contributed by atoms with van der Waals surface area (Å²) in [5, 5.41) is 13.5. The van der Waals surface area contributed by atoms with Crippen LogP contribution in [0.4, 0.5) is 26.5 Å². The first-order valence-corrected chi connectivity index (χ1v) is 15.8. The van der Waals surface area contributed by atoms with Crippen LogP contribution in [-0.2, 0) is 10.3 Å². The fourth-order valence-electron chi connectivity index (χ4n) is 5.83. The summed E-state index contributed by atoms with van der Waals surface area (Å²) in [5.74, 6) is -0.965. The van der Waals surface area contributed by atoms with Crippen molar-refractivity contribution in [3.8, 4) is 0 Å². The molecule has 4 aromatic rings. The lowest BCUT2D eigenvalue weighted by atomic mass is 9.90. The van der Waals surface area contributed by atoms with E-state index >= 15 is 4.39 Å². The molecular weight excluding hydrogens is 583 g/mol. The second kappa shape index (κ2) is 13.3. The van der Waals surface area contributed by atoms with Gasteiger partial charge in [0.05, 0.1) is 22.7 Å². The Balaban J connectivity index is 1.48. The van der Waals surface area contributed by atoms with E-state index in [1.54, 1.807) is 6.20 Å². The summed E-state index contributed by atoms with van der Waals surface area (Å²) in [6.45, 7) is 11.2. The van der Waals surface area contributed by atoms with Crippen LogP contribution >= 0.6 is 0 Å². The van der Waals surface area contributed by atoms with Gasteiger partial charge < -0.3 is 26.0 Å². The first-order valence-electron chi connectivity index (χ1n) is 15.8. The number of alkyl carbamates (subject to hydrolysis) is 1. The van der Waals surface area contributed by atoms with Crippen molar-refractivity contribution in [1.29, 1.82) is 0 Å². The number of nitrogens with zero attached hydrogens (tertiary/aromatic N) is 2. The van der Waals surface area contributed by atoms with E-state index in [2.05, 4.69) is 31.2 Å². The third-order valence-electron chi connectivity index (χ3n) is 8.09. The molecule has 2 heterocycles. The van der Waals surface area contributed by atoms with Crippen LogP contribution in [0.1, 0.15) is 81.8 Å². The van der Waals surface area contributed by atoms with Crippen molar-refractivity contribution < 1.29 is 18.7 Å². The maximum absolute atomic E-state index is 15.9. The van der Waals surface area contributed by atoms with Crippen molar-refractivity contribution in [2.24, 2.45) is 0 Å². The molecule has 0 aliphatic heterocycles. The van der Waals surface area contributed by atoms with Crippen LogP contribution < -0.4 is 21.3 Å². The Hall–Kier alpha value is -4.73. The second-order valence-corrected chi connectivity index (χ2v) is 13.4. The van der Waals surface area contributed by atoms with Gasteiger partial charge in [-0.2, -0.15) is 0 Å². The normalized spacial score (nSPS) is 16.8. The molecule has 0 radical (unpaired) electrons. The number of aromatic nitrogens is 2. The molecule has 0 unspecified atom stereocenters. The van der Waals surface area contributed by atoms with Crippen LogP contribution in [0, 0.1) is 12.7 Å². The number of benzene rings is 2. The number of amides is 2. The van der Waals surface area contributed by atoms with Crippen molar-refractivity contribution >= 4 is 40.2 Å². The van der Waals surface area contributed by atoms with Crippen LogP contribution in [-0.4, -0.2) is 39.7 Å². The lowest BCUT2D eigenvalue weighted by molar-refractivity contribution is 0.0488. The fourth-order valence-corrected chi connectivity index (χ4v) is 5.83. The standard InChI is InChI=1S/C36H43FN6O3/c1-22-19-25(20-23-13-12-18-38-30(22)23)39-31-26(33(44)43-36(5,6)24-14-8-7-9-15-24)21-27(37)32(42-31)40-28-16-10-11-17-29(28)41-34(45)46-35(2,3)4/h7-9,12-15,18-21,28-29H,10-11,16-17H2,1-6H3,(H,41,45)(H,43,44)(H2,39,40,42)/t28-,29+/m1/s1. The lowest BCUT2D eigenvalue weighted by Gasteiger charge is -2.34. The summed E-state index contributed by atoms with van der Waals surface area (Å²) in [4.78, 5) is 35.5.